The molecule has 1 spiro atoms. The molecule has 0 saturated heterocycles. The number of alkyl halides is 3. The Labute approximate surface area is 195 Å². The third-order valence-electron chi connectivity index (χ3n) is 6.84. The summed E-state index contributed by atoms with van der Waals surface area (Å²) in [5.74, 6) is -0.343. The average Bonchev–Trinajstić information content (AvgIpc) is 2.74. The Morgan fingerprint density at radius 2 is 1.97 bits per heavy atom. The van der Waals surface area contributed by atoms with Crippen LogP contribution in [0.2, 0.25) is 0 Å². The van der Waals surface area contributed by atoms with Gasteiger partial charge in [-0.15, -0.1) is 0 Å². The molecule has 3 aliphatic rings. The van der Waals surface area contributed by atoms with Gasteiger partial charge >= 0.3 is 6.18 Å². The van der Waals surface area contributed by atoms with Gasteiger partial charge in [-0.05, 0) is 55.5 Å². The summed E-state index contributed by atoms with van der Waals surface area (Å²) in [5.41, 5.74) is 1.48. The van der Waals surface area contributed by atoms with Gasteiger partial charge in [0, 0.05) is 36.4 Å². The molecule has 1 saturated carbocycles. The molecule has 10 heteroatoms. The Morgan fingerprint density at radius 3 is 2.65 bits per heavy atom. The monoisotopic (exact) mass is 492 g/mol. The maximum atomic E-state index is 13.2. The fourth-order valence-corrected chi connectivity index (χ4v) is 6.04. The van der Waals surface area contributed by atoms with Crippen molar-refractivity contribution < 1.29 is 31.1 Å². The molecule has 1 amide bonds. The molecule has 0 bridgehead atoms. The Bertz CT molecular complexity index is 1310. The van der Waals surface area contributed by atoms with Crippen LogP contribution in [-0.4, -0.2) is 32.7 Å². The van der Waals surface area contributed by atoms with Crippen molar-refractivity contribution in [1.82, 2.24) is 0 Å². The van der Waals surface area contributed by atoms with Crippen molar-refractivity contribution in [3.05, 3.63) is 59.2 Å². The fraction of sp³-hybridized carbons (Fsp3) is 0.375. The van der Waals surface area contributed by atoms with E-state index in [1.165, 1.54) is 23.5 Å². The van der Waals surface area contributed by atoms with Crippen LogP contribution in [0.3, 0.4) is 0 Å². The Balaban J connectivity index is 1.47. The SMILES string of the molecule is CN1c2cccc(NC(=O)/C=C3\CC4(CCC4)Oc4cc(C(F)(F)F)ccc43)c2CCS1(=O)=O. The van der Waals surface area contributed by atoms with Gasteiger partial charge in [-0.25, -0.2) is 8.42 Å². The molecule has 1 fully saturated rings. The lowest BCUT2D eigenvalue weighted by Crippen LogP contribution is -2.45. The number of ether oxygens (including phenoxy) is 1. The number of nitrogens with zero attached hydrogens (tertiary/aromatic N) is 1. The molecule has 0 unspecified atom stereocenters. The summed E-state index contributed by atoms with van der Waals surface area (Å²) in [6.45, 7) is 0. The zero-order valence-corrected chi connectivity index (χ0v) is 19.2. The number of rotatable bonds is 2. The van der Waals surface area contributed by atoms with Gasteiger partial charge in [0.1, 0.15) is 11.4 Å². The number of sulfonamides is 1. The van der Waals surface area contributed by atoms with Crippen LogP contribution in [0.25, 0.3) is 5.57 Å². The predicted molar refractivity (Wildman–Crippen MR) is 122 cm³/mol. The van der Waals surface area contributed by atoms with Gasteiger partial charge in [0.15, 0.2) is 0 Å². The molecule has 5 rings (SSSR count). The number of benzene rings is 2. The summed E-state index contributed by atoms with van der Waals surface area (Å²) in [4.78, 5) is 13.0. The first-order valence-electron chi connectivity index (χ1n) is 11.0. The van der Waals surface area contributed by atoms with Crippen molar-refractivity contribution in [3.63, 3.8) is 0 Å². The molecule has 2 aromatic rings. The van der Waals surface area contributed by atoms with Crippen molar-refractivity contribution in [2.45, 2.75) is 43.9 Å². The van der Waals surface area contributed by atoms with Crippen LogP contribution in [0.5, 0.6) is 5.75 Å². The smallest absolute Gasteiger partial charge is 0.416 e. The fourth-order valence-electron chi connectivity index (χ4n) is 4.83. The minimum atomic E-state index is -4.49. The number of carbonyl (C=O) groups excluding carboxylic acids is 1. The first kappa shape index (κ1) is 22.8. The van der Waals surface area contributed by atoms with E-state index in [2.05, 4.69) is 5.32 Å². The van der Waals surface area contributed by atoms with Crippen LogP contribution in [0, 0.1) is 0 Å². The summed E-state index contributed by atoms with van der Waals surface area (Å²) in [7, 11) is -1.91. The molecule has 6 nitrogen and oxygen atoms in total. The highest BCUT2D eigenvalue weighted by atomic mass is 32.2. The van der Waals surface area contributed by atoms with Gasteiger partial charge < -0.3 is 10.1 Å². The molecule has 2 aromatic carbocycles. The normalized spacial score (nSPS) is 21.3. The van der Waals surface area contributed by atoms with E-state index < -0.39 is 33.3 Å². The number of anilines is 2. The average molecular weight is 493 g/mol. The highest BCUT2D eigenvalue weighted by Crippen LogP contribution is 2.50. The third-order valence-corrected chi connectivity index (χ3v) is 8.59. The summed E-state index contributed by atoms with van der Waals surface area (Å²) < 4.78 is 71.3. The third kappa shape index (κ3) is 3.93. The van der Waals surface area contributed by atoms with E-state index in [1.807, 2.05) is 0 Å². The number of hydrogen-bond donors (Lipinski definition) is 1. The van der Waals surface area contributed by atoms with Crippen LogP contribution < -0.4 is 14.4 Å². The maximum absolute atomic E-state index is 13.2. The van der Waals surface area contributed by atoms with Gasteiger partial charge in [0.2, 0.25) is 15.9 Å². The lowest BCUT2D eigenvalue weighted by Gasteiger charge is -2.46. The molecule has 2 aliphatic heterocycles. The summed E-state index contributed by atoms with van der Waals surface area (Å²) >= 11 is 0. The minimum absolute atomic E-state index is 0.0563. The Kier molecular flexibility index (Phi) is 5.20. The highest BCUT2D eigenvalue weighted by molar-refractivity contribution is 7.92. The van der Waals surface area contributed by atoms with Crippen molar-refractivity contribution in [3.8, 4) is 5.75 Å². The second-order valence-electron chi connectivity index (χ2n) is 9.02. The zero-order chi connectivity index (χ0) is 24.3. The standard InChI is InChI=1S/C24H23F3N2O4S/c1-29-20-5-2-4-19(18(20)8-11-34(29,31)32)28-22(30)12-15-14-23(9-3-10-23)33-21-13-16(24(25,26)27)6-7-17(15)21/h2,4-7,12-13H,3,8-11,14H2,1H3,(H,28,30)/b15-12+. The van der Waals surface area contributed by atoms with Gasteiger partial charge in [-0.3, -0.25) is 9.10 Å². The van der Waals surface area contributed by atoms with E-state index >= 15 is 0 Å². The van der Waals surface area contributed by atoms with Crippen LogP contribution in [0.4, 0.5) is 24.5 Å². The maximum Gasteiger partial charge on any atom is 0.416 e. The first-order chi connectivity index (χ1) is 16.0. The Morgan fingerprint density at radius 1 is 1.21 bits per heavy atom. The number of nitrogens with one attached hydrogen (secondary N) is 1. The first-order valence-corrected chi connectivity index (χ1v) is 12.6. The molecule has 0 aromatic heterocycles. The van der Waals surface area contributed by atoms with Crippen LogP contribution in [-0.2, 0) is 27.4 Å². The van der Waals surface area contributed by atoms with E-state index in [1.54, 1.807) is 18.2 Å². The molecular formula is C24H23F3N2O4S. The number of fused-ring (bicyclic) bond motifs is 2. The summed E-state index contributed by atoms with van der Waals surface area (Å²) in [6, 6.07) is 8.42. The molecule has 1 N–H and O–H groups in total. The minimum Gasteiger partial charge on any atom is -0.486 e. The van der Waals surface area contributed by atoms with Crippen molar-refractivity contribution in [2.75, 3.05) is 22.4 Å². The van der Waals surface area contributed by atoms with Crippen LogP contribution >= 0.6 is 0 Å². The molecule has 34 heavy (non-hydrogen) atoms. The highest BCUT2D eigenvalue weighted by Gasteiger charge is 2.44. The zero-order valence-electron chi connectivity index (χ0n) is 18.4. The molecular weight excluding hydrogens is 469 g/mol. The van der Waals surface area contributed by atoms with Gasteiger partial charge in [0.05, 0.1) is 17.0 Å². The van der Waals surface area contributed by atoms with Crippen molar-refractivity contribution in [1.29, 1.82) is 0 Å². The number of hydrogen-bond acceptors (Lipinski definition) is 4. The van der Waals surface area contributed by atoms with Crippen LogP contribution in [0.15, 0.2) is 42.5 Å². The Hall–Kier alpha value is -3.01. The van der Waals surface area contributed by atoms with E-state index in [-0.39, 0.29) is 17.9 Å². The second-order valence-corrected chi connectivity index (χ2v) is 11.1. The largest absolute Gasteiger partial charge is 0.486 e. The number of amides is 1. The molecule has 0 radical (unpaired) electrons. The van der Waals surface area contributed by atoms with Crippen molar-refractivity contribution >= 4 is 32.9 Å². The van der Waals surface area contributed by atoms with Gasteiger partial charge in [-0.1, -0.05) is 12.1 Å². The molecule has 2 heterocycles. The lowest BCUT2D eigenvalue weighted by atomic mass is 9.72. The summed E-state index contributed by atoms with van der Waals surface area (Å²) in [5, 5.41) is 2.84. The van der Waals surface area contributed by atoms with Gasteiger partial charge in [0.25, 0.3) is 0 Å². The molecule has 1 aliphatic carbocycles. The number of carbonyl (C=O) groups is 1. The molecule has 0 atom stereocenters. The van der Waals surface area contributed by atoms with E-state index in [9.17, 15) is 26.4 Å². The quantitative estimate of drug-likeness (QED) is 0.614. The second kappa shape index (κ2) is 7.76. The molecule has 180 valence electrons. The van der Waals surface area contributed by atoms with Crippen LogP contribution in [0.1, 0.15) is 42.4 Å². The topological polar surface area (TPSA) is 75.7 Å². The number of halogens is 3. The van der Waals surface area contributed by atoms with E-state index in [0.29, 0.717) is 41.8 Å². The van der Waals surface area contributed by atoms with Gasteiger partial charge in [-0.2, -0.15) is 13.2 Å². The lowest BCUT2D eigenvalue weighted by molar-refractivity contribution is -0.138. The van der Waals surface area contributed by atoms with E-state index in [0.717, 1.165) is 24.1 Å². The predicted octanol–water partition coefficient (Wildman–Crippen LogP) is 4.75. The van der Waals surface area contributed by atoms with E-state index in [4.69, 9.17) is 4.74 Å². The van der Waals surface area contributed by atoms with Crippen molar-refractivity contribution in [2.24, 2.45) is 0 Å². The summed E-state index contributed by atoms with van der Waals surface area (Å²) in [6.07, 6.45) is -0.0143.